The topological polar surface area (TPSA) is 70.4 Å². The first-order valence-electron chi connectivity index (χ1n) is 9.66. The highest BCUT2D eigenvalue weighted by Crippen LogP contribution is 2.25. The zero-order valence-corrected chi connectivity index (χ0v) is 16.2. The fourth-order valence-corrected chi connectivity index (χ4v) is 5.00. The highest BCUT2D eigenvalue weighted by molar-refractivity contribution is 7.99. The molecule has 1 aromatic heterocycles. The Labute approximate surface area is 164 Å². The average Bonchev–Trinajstić information content (AvgIpc) is 3.24. The average molecular weight is 387 g/mol. The normalized spacial score (nSPS) is 19.7. The number of urea groups is 1. The molecule has 0 radical (unpaired) electrons. The van der Waals surface area contributed by atoms with E-state index < -0.39 is 0 Å². The van der Waals surface area contributed by atoms with E-state index in [1.165, 1.54) is 30.7 Å². The maximum absolute atomic E-state index is 12.4. The molecule has 3 heterocycles. The number of hydrogen-bond donors (Lipinski definition) is 2. The summed E-state index contributed by atoms with van der Waals surface area (Å²) in [7, 11) is 0. The standard InChI is InChI=1S/C20H26N4O2S/c25-20(23-17-3-1-2-15(12-17)19-13-21-14-26-19)22-16-4-8-24(9-5-16)18-6-10-27-11-7-18/h1-3,12-14,16,18H,4-11H2,(H2,22,23,25). The summed E-state index contributed by atoms with van der Waals surface area (Å²) in [6, 6.07) is 8.46. The number of rotatable bonds is 4. The molecule has 2 amide bonds. The van der Waals surface area contributed by atoms with Crippen molar-refractivity contribution in [2.24, 2.45) is 0 Å². The maximum atomic E-state index is 12.4. The van der Waals surface area contributed by atoms with Gasteiger partial charge >= 0.3 is 6.03 Å². The predicted octanol–water partition coefficient (Wildman–Crippen LogP) is 3.82. The minimum Gasteiger partial charge on any atom is -0.444 e. The molecular weight excluding hydrogens is 360 g/mol. The molecule has 0 bridgehead atoms. The van der Waals surface area contributed by atoms with Crippen molar-refractivity contribution in [2.45, 2.75) is 37.8 Å². The Morgan fingerprint density at radius 3 is 2.74 bits per heavy atom. The monoisotopic (exact) mass is 386 g/mol. The minimum atomic E-state index is -0.141. The molecule has 2 aromatic rings. The van der Waals surface area contributed by atoms with Crippen LogP contribution in [0.25, 0.3) is 11.3 Å². The van der Waals surface area contributed by atoms with Gasteiger partial charge in [-0.2, -0.15) is 11.8 Å². The van der Waals surface area contributed by atoms with Gasteiger partial charge in [-0.15, -0.1) is 0 Å². The Kier molecular flexibility index (Phi) is 5.99. The number of anilines is 1. The minimum absolute atomic E-state index is 0.141. The van der Waals surface area contributed by atoms with Gasteiger partial charge < -0.3 is 20.0 Å². The fourth-order valence-electron chi connectivity index (χ4n) is 3.92. The summed E-state index contributed by atoms with van der Waals surface area (Å²) in [5.41, 5.74) is 1.64. The van der Waals surface area contributed by atoms with E-state index in [1.54, 1.807) is 6.20 Å². The molecule has 2 N–H and O–H groups in total. The summed E-state index contributed by atoms with van der Waals surface area (Å²) >= 11 is 2.07. The van der Waals surface area contributed by atoms with Crippen molar-refractivity contribution < 1.29 is 9.21 Å². The smallest absolute Gasteiger partial charge is 0.319 e. The molecule has 2 aliphatic heterocycles. The predicted molar refractivity (Wildman–Crippen MR) is 109 cm³/mol. The van der Waals surface area contributed by atoms with Gasteiger partial charge in [0.25, 0.3) is 0 Å². The van der Waals surface area contributed by atoms with E-state index in [0.717, 1.165) is 43.2 Å². The Morgan fingerprint density at radius 2 is 2.00 bits per heavy atom. The van der Waals surface area contributed by atoms with Crippen LogP contribution in [0.15, 0.2) is 41.3 Å². The molecule has 2 saturated heterocycles. The van der Waals surface area contributed by atoms with Crippen molar-refractivity contribution in [3.63, 3.8) is 0 Å². The van der Waals surface area contributed by atoms with Gasteiger partial charge in [-0.25, -0.2) is 9.78 Å². The molecule has 0 atom stereocenters. The van der Waals surface area contributed by atoms with Crippen molar-refractivity contribution in [3.8, 4) is 11.3 Å². The van der Waals surface area contributed by atoms with E-state index in [1.807, 2.05) is 24.3 Å². The van der Waals surface area contributed by atoms with Gasteiger partial charge in [0.15, 0.2) is 12.2 Å². The molecule has 0 saturated carbocycles. The van der Waals surface area contributed by atoms with Crippen LogP contribution in [-0.4, -0.2) is 52.6 Å². The Bertz CT molecular complexity index is 738. The summed E-state index contributed by atoms with van der Waals surface area (Å²) in [6.07, 6.45) is 7.73. The van der Waals surface area contributed by atoms with Crippen LogP contribution < -0.4 is 10.6 Å². The van der Waals surface area contributed by atoms with E-state index in [4.69, 9.17) is 4.42 Å². The van der Waals surface area contributed by atoms with Crippen LogP contribution in [0.5, 0.6) is 0 Å². The highest BCUT2D eigenvalue weighted by Gasteiger charge is 2.26. The molecule has 144 valence electrons. The largest absolute Gasteiger partial charge is 0.444 e. The van der Waals surface area contributed by atoms with Gasteiger partial charge in [-0.3, -0.25) is 0 Å². The van der Waals surface area contributed by atoms with Crippen LogP contribution in [-0.2, 0) is 0 Å². The van der Waals surface area contributed by atoms with Crippen LogP contribution in [0, 0.1) is 0 Å². The summed E-state index contributed by atoms with van der Waals surface area (Å²) < 4.78 is 5.32. The Morgan fingerprint density at radius 1 is 1.19 bits per heavy atom. The lowest BCUT2D eigenvalue weighted by Crippen LogP contribution is -2.49. The lowest BCUT2D eigenvalue weighted by atomic mass is 10.0. The number of oxazole rings is 1. The van der Waals surface area contributed by atoms with E-state index in [9.17, 15) is 4.79 Å². The zero-order chi connectivity index (χ0) is 18.5. The lowest BCUT2D eigenvalue weighted by Gasteiger charge is -2.39. The van der Waals surface area contributed by atoms with Gasteiger partial charge in [0.05, 0.1) is 6.20 Å². The van der Waals surface area contributed by atoms with Crippen LogP contribution in [0.2, 0.25) is 0 Å². The molecule has 0 aliphatic carbocycles. The number of carbonyl (C=O) groups is 1. The van der Waals surface area contributed by atoms with Gasteiger partial charge in [0, 0.05) is 36.4 Å². The number of benzene rings is 1. The molecule has 7 heteroatoms. The third-order valence-electron chi connectivity index (χ3n) is 5.41. The third kappa shape index (κ3) is 4.84. The third-order valence-corrected chi connectivity index (χ3v) is 6.46. The second-order valence-electron chi connectivity index (χ2n) is 7.20. The maximum Gasteiger partial charge on any atom is 0.319 e. The second kappa shape index (κ2) is 8.80. The Hall–Kier alpha value is -1.99. The zero-order valence-electron chi connectivity index (χ0n) is 15.4. The van der Waals surface area contributed by atoms with Crippen LogP contribution in [0.4, 0.5) is 10.5 Å². The van der Waals surface area contributed by atoms with Crippen LogP contribution in [0.3, 0.4) is 0 Å². The molecule has 27 heavy (non-hydrogen) atoms. The summed E-state index contributed by atoms with van der Waals surface area (Å²) in [5, 5.41) is 6.07. The Balaban J connectivity index is 1.26. The molecule has 2 aliphatic rings. The summed E-state index contributed by atoms with van der Waals surface area (Å²) in [6.45, 7) is 2.17. The van der Waals surface area contributed by atoms with E-state index >= 15 is 0 Å². The highest BCUT2D eigenvalue weighted by atomic mass is 32.2. The fraction of sp³-hybridized carbons (Fsp3) is 0.500. The first kappa shape index (κ1) is 18.4. The van der Waals surface area contributed by atoms with E-state index in [0.29, 0.717) is 5.76 Å². The van der Waals surface area contributed by atoms with E-state index in [-0.39, 0.29) is 12.1 Å². The van der Waals surface area contributed by atoms with Crippen molar-refractivity contribution >= 4 is 23.5 Å². The number of hydrogen-bond acceptors (Lipinski definition) is 5. The van der Waals surface area contributed by atoms with Gasteiger partial charge in [-0.05, 0) is 49.3 Å². The molecule has 2 fully saturated rings. The molecule has 1 aromatic carbocycles. The lowest BCUT2D eigenvalue weighted by molar-refractivity contribution is 0.138. The number of carbonyl (C=O) groups excluding carboxylic acids is 1. The van der Waals surface area contributed by atoms with Crippen molar-refractivity contribution in [1.29, 1.82) is 0 Å². The van der Waals surface area contributed by atoms with Crippen molar-refractivity contribution in [3.05, 3.63) is 36.9 Å². The molecule has 0 unspecified atom stereocenters. The number of aromatic nitrogens is 1. The molecule has 0 spiro atoms. The number of likely N-dealkylation sites (tertiary alicyclic amines) is 1. The number of nitrogens with one attached hydrogen (secondary N) is 2. The van der Waals surface area contributed by atoms with E-state index in [2.05, 4.69) is 32.3 Å². The van der Waals surface area contributed by atoms with Crippen LogP contribution >= 0.6 is 11.8 Å². The summed E-state index contributed by atoms with van der Waals surface area (Å²) in [5.74, 6) is 3.27. The van der Waals surface area contributed by atoms with Gasteiger partial charge in [-0.1, -0.05) is 12.1 Å². The number of piperidine rings is 1. The van der Waals surface area contributed by atoms with Gasteiger partial charge in [0.2, 0.25) is 0 Å². The van der Waals surface area contributed by atoms with Crippen LogP contribution in [0.1, 0.15) is 25.7 Å². The quantitative estimate of drug-likeness (QED) is 0.836. The molecule has 4 rings (SSSR count). The SMILES string of the molecule is O=C(Nc1cccc(-c2cnco2)c1)NC1CCN(C2CCSCC2)CC1. The first-order valence-corrected chi connectivity index (χ1v) is 10.8. The number of nitrogens with zero attached hydrogens (tertiary/aromatic N) is 2. The van der Waals surface area contributed by atoms with Crippen molar-refractivity contribution in [2.75, 3.05) is 29.9 Å². The number of amides is 2. The van der Waals surface area contributed by atoms with Crippen molar-refractivity contribution in [1.82, 2.24) is 15.2 Å². The number of thioether (sulfide) groups is 1. The first-order chi connectivity index (χ1) is 13.3. The summed E-state index contributed by atoms with van der Waals surface area (Å²) in [4.78, 5) is 18.9. The molecular formula is C20H26N4O2S. The second-order valence-corrected chi connectivity index (χ2v) is 8.42. The molecule has 6 nitrogen and oxygen atoms in total. The van der Waals surface area contributed by atoms with Gasteiger partial charge in [0.1, 0.15) is 0 Å².